The Hall–Kier alpha value is -3.22. The number of benzene rings is 1. The molecule has 0 aliphatic heterocycles. The maximum absolute atomic E-state index is 12.4. The molecule has 0 saturated heterocycles. The summed E-state index contributed by atoms with van der Waals surface area (Å²) in [6.45, 7) is 5.68. The number of aromatic hydroxyl groups is 1. The maximum atomic E-state index is 12.4. The van der Waals surface area contributed by atoms with Crippen LogP contribution in [0.2, 0.25) is 0 Å². The Morgan fingerprint density at radius 1 is 1.17 bits per heavy atom. The summed E-state index contributed by atoms with van der Waals surface area (Å²) < 4.78 is 0. The number of carbonyl (C=O) groups excluding carboxylic acids is 1. The zero-order chi connectivity index (χ0) is 17.3. The minimum absolute atomic E-state index is 0.0861. The van der Waals surface area contributed by atoms with Gasteiger partial charge in [-0.05, 0) is 44.5 Å². The highest BCUT2D eigenvalue weighted by molar-refractivity contribution is 6.03. The molecule has 0 unspecified atom stereocenters. The lowest BCUT2D eigenvalue weighted by molar-refractivity contribution is 0.102. The number of hydrogen-bond donors (Lipinski definition) is 2. The normalized spacial score (nSPS) is 10.6. The monoisotopic (exact) mass is 323 g/mol. The van der Waals surface area contributed by atoms with Gasteiger partial charge in [0.25, 0.3) is 5.91 Å². The average Bonchev–Trinajstić information content (AvgIpc) is 2.91. The number of aromatic nitrogens is 4. The second-order valence-electron chi connectivity index (χ2n) is 5.54. The summed E-state index contributed by atoms with van der Waals surface area (Å²) in [6, 6.07) is 8.93. The molecule has 0 aliphatic rings. The fourth-order valence-electron chi connectivity index (χ4n) is 2.39. The van der Waals surface area contributed by atoms with Crippen LogP contribution in [0.25, 0.3) is 5.69 Å². The second-order valence-corrected chi connectivity index (χ2v) is 5.54. The number of carbonyl (C=O) groups is 1. The van der Waals surface area contributed by atoms with Crippen molar-refractivity contribution >= 4 is 11.7 Å². The third-order valence-corrected chi connectivity index (χ3v) is 3.58. The first kappa shape index (κ1) is 15.7. The Morgan fingerprint density at radius 3 is 2.67 bits per heavy atom. The molecule has 0 bridgehead atoms. The van der Waals surface area contributed by atoms with Crippen LogP contribution in [0.1, 0.15) is 27.3 Å². The highest BCUT2D eigenvalue weighted by Gasteiger charge is 2.18. The van der Waals surface area contributed by atoms with Gasteiger partial charge in [0.2, 0.25) is 0 Å². The summed E-state index contributed by atoms with van der Waals surface area (Å²) in [5, 5.41) is 20.8. The predicted molar refractivity (Wildman–Crippen MR) is 89.4 cm³/mol. The fourth-order valence-corrected chi connectivity index (χ4v) is 2.39. The molecular formula is C17H17N5O2. The van der Waals surface area contributed by atoms with Crippen molar-refractivity contribution < 1.29 is 9.90 Å². The number of rotatable bonds is 3. The molecule has 0 fully saturated rings. The maximum Gasteiger partial charge on any atom is 0.279 e. The van der Waals surface area contributed by atoms with Crippen LogP contribution < -0.4 is 5.32 Å². The summed E-state index contributed by atoms with van der Waals surface area (Å²) in [5.74, 6) is -0.495. The second kappa shape index (κ2) is 6.11. The topological polar surface area (TPSA) is 92.9 Å². The fraction of sp³-hybridized carbons (Fsp3) is 0.176. The van der Waals surface area contributed by atoms with Gasteiger partial charge in [0.1, 0.15) is 0 Å². The molecule has 3 aromatic rings. The molecule has 122 valence electrons. The molecule has 7 heteroatoms. The molecule has 0 saturated carbocycles. The largest absolute Gasteiger partial charge is 0.504 e. The van der Waals surface area contributed by atoms with Crippen molar-refractivity contribution in [3.63, 3.8) is 0 Å². The summed E-state index contributed by atoms with van der Waals surface area (Å²) in [4.78, 5) is 17.8. The summed E-state index contributed by atoms with van der Waals surface area (Å²) in [7, 11) is 0. The van der Waals surface area contributed by atoms with Gasteiger partial charge < -0.3 is 10.4 Å². The van der Waals surface area contributed by atoms with E-state index in [4.69, 9.17) is 0 Å². The minimum atomic E-state index is -0.475. The third-order valence-electron chi connectivity index (χ3n) is 3.58. The Morgan fingerprint density at radius 2 is 1.96 bits per heavy atom. The molecule has 0 aliphatic carbocycles. The Kier molecular flexibility index (Phi) is 3.99. The molecule has 3 rings (SSSR count). The molecule has 2 heterocycles. The van der Waals surface area contributed by atoms with E-state index in [9.17, 15) is 9.90 Å². The summed E-state index contributed by atoms with van der Waals surface area (Å²) in [6.07, 6.45) is 1.48. The molecule has 1 aromatic carbocycles. The van der Waals surface area contributed by atoms with E-state index in [-0.39, 0.29) is 17.3 Å². The van der Waals surface area contributed by atoms with E-state index < -0.39 is 5.91 Å². The lowest BCUT2D eigenvalue weighted by atomic mass is 10.1. The zero-order valence-corrected chi connectivity index (χ0v) is 13.6. The van der Waals surface area contributed by atoms with Gasteiger partial charge in [-0.3, -0.25) is 4.79 Å². The van der Waals surface area contributed by atoms with E-state index in [0.29, 0.717) is 5.69 Å². The molecule has 2 aromatic heterocycles. The van der Waals surface area contributed by atoms with E-state index >= 15 is 0 Å². The van der Waals surface area contributed by atoms with Crippen LogP contribution >= 0.6 is 0 Å². The van der Waals surface area contributed by atoms with Crippen LogP contribution in [0.15, 0.2) is 36.5 Å². The van der Waals surface area contributed by atoms with E-state index in [0.717, 1.165) is 16.8 Å². The smallest absolute Gasteiger partial charge is 0.279 e. The number of pyridine rings is 1. The minimum Gasteiger partial charge on any atom is -0.504 e. The van der Waals surface area contributed by atoms with E-state index in [1.165, 1.54) is 17.1 Å². The molecule has 24 heavy (non-hydrogen) atoms. The molecule has 7 nitrogen and oxygen atoms in total. The van der Waals surface area contributed by atoms with Gasteiger partial charge in [0.15, 0.2) is 17.3 Å². The lowest BCUT2D eigenvalue weighted by Gasteiger charge is -2.05. The SMILES string of the molecule is Cc1ccc(-n2nc(C)c(C(=O)Nc3ncccc3O)n2)c(C)c1. The van der Waals surface area contributed by atoms with E-state index in [1.807, 2.05) is 32.0 Å². The van der Waals surface area contributed by atoms with Crippen LogP contribution in [-0.2, 0) is 0 Å². The van der Waals surface area contributed by atoms with Gasteiger partial charge in [0.05, 0.1) is 11.4 Å². The lowest BCUT2D eigenvalue weighted by Crippen LogP contribution is -2.15. The van der Waals surface area contributed by atoms with Crippen molar-refractivity contribution in [1.29, 1.82) is 0 Å². The van der Waals surface area contributed by atoms with Crippen molar-refractivity contribution in [3.05, 3.63) is 59.0 Å². The van der Waals surface area contributed by atoms with Crippen LogP contribution in [0, 0.1) is 20.8 Å². The van der Waals surface area contributed by atoms with Crippen LogP contribution in [0.3, 0.4) is 0 Å². The van der Waals surface area contributed by atoms with Crippen LogP contribution in [0.4, 0.5) is 5.82 Å². The standard InChI is InChI=1S/C17H17N5O2/c1-10-6-7-13(11(2)9-10)22-20-12(3)15(21-22)17(24)19-16-14(23)5-4-8-18-16/h4-9,23H,1-3H3,(H,18,19,24). The van der Waals surface area contributed by atoms with Crippen molar-refractivity contribution in [2.45, 2.75) is 20.8 Å². The summed E-state index contributed by atoms with van der Waals surface area (Å²) in [5.41, 5.74) is 3.63. The summed E-state index contributed by atoms with van der Waals surface area (Å²) >= 11 is 0. The highest BCUT2D eigenvalue weighted by atomic mass is 16.3. The third kappa shape index (κ3) is 2.96. The number of amides is 1. The van der Waals surface area contributed by atoms with Crippen molar-refractivity contribution in [1.82, 2.24) is 20.0 Å². The molecular weight excluding hydrogens is 306 g/mol. The molecule has 1 amide bonds. The Bertz CT molecular complexity index is 917. The molecule has 0 spiro atoms. The Labute approximate surface area is 139 Å². The first-order valence-corrected chi connectivity index (χ1v) is 7.42. The Balaban J connectivity index is 1.91. The van der Waals surface area contributed by atoms with Gasteiger partial charge in [0, 0.05) is 6.20 Å². The van der Waals surface area contributed by atoms with Gasteiger partial charge in [-0.1, -0.05) is 17.7 Å². The van der Waals surface area contributed by atoms with Crippen molar-refractivity contribution in [2.24, 2.45) is 0 Å². The van der Waals surface area contributed by atoms with Crippen LogP contribution in [0.5, 0.6) is 5.75 Å². The number of nitrogens with one attached hydrogen (secondary N) is 1. The number of hydrogen-bond acceptors (Lipinski definition) is 5. The molecule has 0 atom stereocenters. The van der Waals surface area contributed by atoms with Crippen molar-refractivity contribution in [2.75, 3.05) is 5.32 Å². The van der Waals surface area contributed by atoms with E-state index in [2.05, 4.69) is 20.5 Å². The number of anilines is 1. The first-order chi connectivity index (χ1) is 11.5. The average molecular weight is 323 g/mol. The molecule has 0 radical (unpaired) electrons. The van der Waals surface area contributed by atoms with Gasteiger partial charge in [-0.2, -0.15) is 9.90 Å². The van der Waals surface area contributed by atoms with Gasteiger partial charge >= 0.3 is 0 Å². The number of aryl methyl sites for hydroxylation is 3. The quantitative estimate of drug-likeness (QED) is 0.772. The van der Waals surface area contributed by atoms with Crippen molar-refractivity contribution in [3.8, 4) is 11.4 Å². The number of nitrogens with zero attached hydrogens (tertiary/aromatic N) is 4. The highest BCUT2D eigenvalue weighted by Crippen LogP contribution is 2.20. The van der Waals surface area contributed by atoms with Crippen LogP contribution in [-0.4, -0.2) is 31.0 Å². The van der Waals surface area contributed by atoms with Gasteiger partial charge in [-0.25, -0.2) is 4.98 Å². The van der Waals surface area contributed by atoms with E-state index in [1.54, 1.807) is 13.0 Å². The zero-order valence-electron chi connectivity index (χ0n) is 13.6. The van der Waals surface area contributed by atoms with Gasteiger partial charge in [-0.15, -0.1) is 5.10 Å². The first-order valence-electron chi connectivity index (χ1n) is 7.42. The predicted octanol–water partition coefficient (Wildman–Crippen LogP) is 2.55. The molecule has 2 N–H and O–H groups in total.